The van der Waals surface area contributed by atoms with E-state index in [2.05, 4.69) is 0 Å². The minimum atomic E-state index is -0.0783. The number of methoxy groups -OCH3 is 1. The summed E-state index contributed by atoms with van der Waals surface area (Å²) in [6, 6.07) is 5.20. The van der Waals surface area contributed by atoms with Gasteiger partial charge in [-0.2, -0.15) is 0 Å². The molecule has 1 atom stereocenters. The second-order valence-electron chi connectivity index (χ2n) is 4.85. The largest absolute Gasteiger partial charge is 0.508 e. The lowest BCUT2D eigenvalue weighted by molar-refractivity contribution is 0.302. The van der Waals surface area contributed by atoms with Gasteiger partial charge >= 0.3 is 0 Å². The number of hydrogen-bond donors (Lipinski definition) is 2. The van der Waals surface area contributed by atoms with Crippen molar-refractivity contribution >= 4 is 12.4 Å². The van der Waals surface area contributed by atoms with Crippen LogP contribution in [0.15, 0.2) is 18.2 Å². The first-order valence-electron chi connectivity index (χ1n) is 6.35. The highest BCUT2D eigenvalue weighted by Crippen LogP contribution is 2.37. The fourth-order valence-corrected chi connectivity index (χ4v) is 2.67. The summed E-state index contributed by atoms with van der Waals surface area (Å²) in [4.78, 5) is 0. The Kier molecular flexibility index (Phi) is 5.76. The van der Waals surface area contributed by atoms with Gasteiger partial charge in [0.05, 0.1) is 7.11 Å². The number of ether oxygens (including phenoxy) is 1. The molecule has 0 aromatic heterocycles. The van der Waals surface area contributed by atoms with Gasteiger partial charge in [0, 0.05) is 11.6 Å². The zero-order valence-electron chi connectivity index (χ0n) is 10.8. The van der Waals surface area contributed by atoms with Gasteiger partial charge in [0.2, 0.25) is 0 Å². The molecule has 102 valence electrons. The van der Waals surface area contributed by atoms with E-state index in [0.717, 1.165) is 24.2 Å². The molecule has 1 saturated carbocycles. The molecule has 3 N–H and O–H groups in total. The van der Waals surface area contributed by atoms with Crippen molar-refractivity contribution in [2.75, 3.05) is 7.11 Å². The predicted molar refractivity (Wildman–Crippen MR) is 75.4 cm³/mol. The Morgan fingerprint density at radius 2 is 1.94 bits per heavy atom. The summed E-state index contributed by atoms with van der Waals surface area (Å²) in [6.07, 6.45) is 6.15. The number of rotatable bonds is 3. The first-order valence-corrected chi connectivity index (χ1v) is 6.35. The van der Waals surface area contributed by atoms with Crippen LogP contribution in [0.3, 0.4) is 0 Å². The topological polar surface area (TPSA) is 55.5 Å². The van der Waals surface area contributed by atoms with E-state index in [1.54, 1.807) is 19.2 Å². The van der Waals surface area contributed by atoms with Crippen LogP contribution < -0.4 is 10.5 Å². The predicted octanol–water partition coefficient (Wildman–Crippen LogP) is 3.40. The number of nitrogens with two attached hydrogens (primary N) is 1. The zero-order valence-corrected chi connectivity index (χ0v) is 11.6. The molecule has 0 amide bonds. The normalized spacial score (nSPS) is 17.9. The van der Waals surface area contributed by atoms with Crippen molar-refractivity contribution in [3.8, 4) is 11.5 Å². The van der Waals surface area contributed by atoms with E-state index >= 15 is 0 Å². The lowest BCUT2D eigenvalue weighted by atomic mass is 9.81. The summed E-state index contributed by atoms with van der Waals surface area (Å²) in [5.41, 5.74) is 7.09. The van der Waals surface area contributed by atoms with Gasteiger partial charge in [-0.05, 0) is 37.0 Å². The summed E-state index contributed by atoms with van der Waals surface area (Å²) in [5.74, 6) is 1.52. The van der Waals surface area contributed by atoms with Crippen LogP contribution in [-0.4, -0.2) is 12.2 Å². The average molecular weight is 272 g/mol. The maximum Gasteiger partial charge on any atom is 0.120 e. The van der Waals surface area contributed by atoms with Crippen molar-refractivity contribution in [1.82, 2.24) is 0 Å². The molecule has 1 aromatic carbocycles. The Labute approximate surface area is 115 Å². The minimum Gasteiger partial charge on any atom is -0.508 e. The first-order chi connectivity index (χ1) is 8.22. The van der Waals surface area contributed by atoms with E-state index in [4.69, 9.17) is 10.5 Å². The molecule has 1 aromatic rings. The molecular formula is C14H22ClNO2. The Morgan fingerprint density at radius 1 is 1.28 bits per heavy atom. The molecule has 0 spiro atoms. The Bertz CT molecular complexity index is 378. The third kappa shape index (κ3) is 3.30. The maximum atomic E-state index is 9.90. The molecule has 0 bridgehead atoms. The molecule has 0 saturated heterocycles. The fourth-order valence-electron chi connectivity index (χ4n) is 2.67. The van der Waals surface area contributed by atoms with Crippen LogP contribution in [0.4, 0.5) is 0 Å². The zero-order chi connectivity index (χ0) is 12.3. The summed E-state index contributed by atoms with van der Waals surface area (Å²) in [6.45, 7) is 0. The summed E-state index contributed by atoms with van der Waals surface area (Å²) >= 11 is 0. The van der Waals surface area contributed by atoms with Gasteiger partial charge in [-0.3, -0.25) is 0 Å². The molecular weight excluding hydrogens is 250 g/mol. The van der Waals surface area contributed by atoms with E-state index in [1.165, 1.54) is 19.3 Å². The van der Waals surface area contributed by atoms with E-state index < -0.39 is 0 Å². The Balaban J connectivity index is 0.00000162. The highest BCUT2D eigenvalue weighted by Gasteiger charge is 2.24. The van der Waals surface area contributed by atoms with Crippen molar-refractivity contribution in [1.29, 1.82) is 0 Å². The van der Waals surface area contributed by atoms with Gasteiger partial charge in [-0.25, -0.2) is 0 Å². The summed E-state index contributed by atoms with van der Waals surface area (Å²) in [7, 11) is 1.63. The van der Waals surface area contributed by atoms with Gasteiger partial charge in [-0.15, -0.1) is 12.4 Å². The summed E-state index contributed by atoms with van der Waals surface area (Å²) < 4.78 is 5.18. The molecule has 0 unspecified atom stereocenters. The van der Waals surface area contributed by atoms with Crippen molar-refractivity contribution in [2.45, 2.75) is 38.1 Å². The minimum absolute atomic E-state index is 0. The first kappa shape index (κ1) is 15.1. The Hall–Kier alpha value is -0.930. The van der Waals surface area contributed by atoms with Crippen LogP contribution >= 0.6 is 12.4 Å². The molecule has 1 aliphatic rings. The van der Waals surface area contributed by atoms with Gasteiger partial charge < -0.3 is 15.6 Å². The highest BCUT2D eigenvalue weighted by molar-refractivity contribution is 5.85. The molecule has 0 radical (unpaired) electrons. The van der Waals surface area contributed by atoms with Crippen molar-refractivity contribution < 1.29 is 9.84 Å². The smallest absolute Gasteiger partial charge is 0.120 e. The highest BCUT2D eigenvalue weighted by atomic mass is 35.5. The Morgan fingerprint density at radius 3 is 2.56 bits per heavy atom. The van der Waals surface area contributed by atoms with E-state index in [1.807, 2.05) is 6.07 Å². The third-order valence-corrected chi connectivity index (χ3v) is 3.75. The van der Waals surface area contributed by atoms with Gasteiger partial charge in [-0.1, -0.05) is 19.3 Å². The quantitative estimate of drug-likeness (QED) is 0.886. The number of hydrogen-bond acceptors (Lipinski definition) is 3. The number of aromatic hydroxyl groups is 1. The number of benzene rings is 1. The molecule has 1 aliphatic carbocycles. The van der Waals surface area contributed by atoms with Crippen LogP contribution in [0, 0.1) is 5.92 Å². The lowest BCUT2D eigenvalue weighted by Crippen LogP contribution is -2.23. The number of phenolic OH excluding ortho intramolecular Hbond substituents is 1. The van der Waals surface area contributed by atoms with Crippen molar-refractivity contribution in [3.05, 3.63) is 23.8 Å². The molecule has 1 fully saturated rings. The SMILES string of the molecule is COc1ccc(O)c([C@H](N)C2CCCCC2)c1.Cl. The average Bonchev–Trinajstić information content (AvgIpc) is 2.39. The molecule has 18 heavy (non-hydrogen) atoms. The molecule has 3 nitrogen and oxygen atoms in total. The van der Waals surface area contributed by atoms with Crippen molar-refractivity contribution in [3.63, 3.8) is 0 Å². The van der Waals surface area contributed by atoms with Gasteiger partial charge in [0.1, 0.15) is 11.5 Å². The monoisotopic (exact) mass is 271 g/mol. The van der Waals surface area contributed by atoms with Crippen LogP contribution in [0.5, 0.6) is 11.5 Å². The van der Waals surface area contributed by atoms with Gasteiger partial charge in [0.15, 0.2) is 0 Å². The van der Waals surface area contributed by atoms with Gasteiger partial charge in [0.25, 0.3) is 0 Å². The molecule has 4 heteroatoms. The van der Waals surface area contributed by atoms with E-state index in [9.17, 15) is 5.11 Å². The van der Waals surface area contributed by atoms with Crippen molar-refractivity contribution in [2.24, 2.45) is 11.7 Å². The number of phenols is 1. The van der Waals surface area contributed by atoms with Crippen LogP contribution in [0.2, 0.25) is 0 Å². The van der Waals surface area contributed by atoms with E-state index in [-0.39, 0.29) is 24.2 Å². The van der Waals surface area contributed by atoms with Crippen LogP contribution in [0.25, 0.3) is 0 Å². The van der Waals surface area contributed by atoms with Crippen LogP contribution in [0.1, 0.15) is 43.7 Å². The maximum absolute atomic E-state index is 9.90. The third-order valence-electron chi connectivity index (χ3n) is 3.75. The molecule has 0 aliphatic heterocycles. The fraction of sp³-hybridized carbons (Fsp3) is 0.571. The second-order valence-corrected chi connectivity index (χ2v) is 4.85. The molecule has 0 heterocycles. The van der Waals surface area contributed by atoms with E-state index in [0.29, 0.717) is 5.92 Å². The van der Waals surface area contributed by atoms with Crippen LogP contribution in [-0.2, 0) is 0 Å². The number of halogens is 1. The summed E-state index contributed by atoms with van der Waals surface area (Å²) in [5, 5.41) is 9.90. The second kappa shape index (κ2) is 6.86. The molecule has 2 rings (SSSR count). The lowest BCUT2D eigenvalue weighted by Gasteiger charge is -2.28. The standard InChI is InChI=1S/C14H21NO2.ClH/c1-17-11-7-8-13(16)12(9-11)14(15)10-5-3-2-4-6-10;/h7-10,14,16H,2-6,15H2,1H3;1H/t14-;/m1./s1.